The highest BCUT2D eigenvalue weighted by Gasteiger charge is 2.23. The van der Waals surface area contributed by atoms with Gasteiger partial charge in [0, 0.05) is 6.54 Å². The SMILES string of the molecule is Cc1c(CCl)nnn1CC1CC1. The zero-order valence-electron chi connectivity index (χ0n) is 7.13. The van der Waals surface area contributed by atoms with E-state index in [-0.39, 0.29) is 0 Å². The smallest absolute Gasteiger partial charge is 0.100 e. The van der Waals surface area contributed by atoms with E-state index in [2.05, 4.69) is 10.3 Å². The molecular formula is C8H12ClN3. The molecule has 1 aliphatic rings. The summed E-state index contributed by atoms with van der Waals surface area (Å²) in [4.78, 5) is 0. The molecule has 3 nitrogen and oxygen atoms in total. The van der Waals surface area contributed by atoms with Crippen LogP contribution in [0.3, 0.4) is 0 Å². The van der Waals surface area contributed by atoms with Gasteiger partial charge < -0.3 is 0 Å². The van der Waals surface area contributed by atoms with Gasteiger partial charge in [-0.2, -0.15) is 0 Å². The van der Waals surface area contributed by atoms with E-state index in [0.29, 0.717) is 5.88 Å². The Hall–Kier alpha value is -0.570. The van der Waals surface area contributed by atoms with Crippen LogP contribution in [-0.4, -0.2) is 15.0 Å². The van der Waals surface area contributed by atoms with Gasteiger partial charge in [0.1, 0.15) is 5.69 Å². The average molecular weight is 186 g/mol. The van der Waals surface area contributed by atoms with Gasteiger partial charge in [-0.15, -0.1) is 16.7 Å². The molecule has 2 rings (SSSR count). The topological polar surface area (TPSA) is 30.7 Å². The molecule has 1 aromatic rings. The maximum Gasteiger partial charge on any atom is 0.100 e. The highest BCUT2D eigenvalue weighted by atomic mass is 35.5. The molecule has 0 atom stereocenters. The van der Waals surface area contributed by atoms with Gasteiger partial charge in [-0.25, -0.2) is 4.68 Å². The van der Waals surface area contributed by atoms with Crippen LogP contribution < -0.4 is 0 Å². The van der Waals surface area contributed by atoms with Crippen LogP contribution >= 0.6 is 11.6 Å². The predicted molar refractivity (Wildman–Crippen MR) is 47.0 cm³/mol. The number of halogens is 1. The van der Waals surface area contributed by atoms with Gasteiger partial charge in [0.25, 0.3) is 0 Å². The second kappa shape index (κ2) is 3.05. The molecule has 0 spiro atoms. The maximum atomic E-state index is 5.68. The lowest BCUT2D eigenvalue weighted by molar-refractivity contribution is 0.532. The van der Waals surface area contributed by atoms with Crippen molar-refractivity contribution < 1.29 is 0 Å². The monoisotopic (exact) mass is 185 g/mol. The zero-order valence-corrected chi connectivity index (χ0v) is 7.88. The van der Waals surface area contributed by atoms with Gasteiger partial charge in [0.15, 0.2) is 0 Å². The van der Waals surface area contributed by atoms with E-state index < -0.39 is 0 Å². The summed E-state index contributed by atoms with van der Waals surface area (Å²) in [6, 6.07) is 0. The van der Waals surface area contributed by atoms with E-state index in [1.807, 2.05) is 11.6 Å². The van der Waals surface area contributed by atoms with E-state index in [4.69, 9.17) is 11.6 Å². The molecule has 4 heteroatoms. The molecule has 12 heavy (non-hydrogen) atoms. The average Bonchev–Trinajstić information content (AvgIpc) is 2.80. The Balaban J connectivity index is 2.13. The van der Waals surface area contributed by atoms with Crippen molar-refractivity contribution in [1.82, 2.24) is 15.0 Å². The summed E-state index contributed by atoms with van der Waals surface area (Å²) in [6.45, 7) is 3.05. The molecule has 0 amide bonds. The van der Waals surface area contributed by atoms with E-state index in [1.165, 1.54) is 12.8 Å². The first-order valence-corrected chi connectivity index (χ1v) is 4.79. The first-order valence-electron chi connectivity index (χ1n) is 4.26. The highest BCUT2D eigenvalue weighted by molar-refractivity contribution is 6.16. The number of alkyl halides is 1. The Morgan fingerprint density at radius 1 is 1.58 bits per heavy atom. The van der Waals surface area contributed by atoms with Crippen LogP contribution in [0.2, 0.25) is 0 Å². The fraction of sp³-hybridized carbons (Fsp3) is 0.750. The van der Waals surface area contributed by atoms with Crippen molar-refractivity contribution in [2.24, 2.45) is 5.92 Å². The minimum atomic E-state index is 0.469. The van der Waals surface area contributed by atoms with Gasteiger partial charge in [-0.05, 0) is 25.7 Å². The van der Waals surface area contributed by atoms with Crippen LogP contribution in [0, 0.1) is 12.8 Å². The first kappa shape index (κ1) is 8.05. The highest BCUT2D eigenvalue weighted by Crippen LogP contribution is 2.30. The second-order valence-corrected chi connectivity index (χ2v) is 3.65. The molecule has 0 aliphatic heterocycles. The molecular weight excluding hydrogens is 174 g/mol. The summed E-state index contributed by atoms with van der Waals surface area (Å²) >= 11 is 5.68. The molecule has 0 radical (unpaired) electrons. The van der Waals surface area contributed by atoms with Gasteiger partial charge in [0.05, 0.1) is 11.6 Å². The van der Waals surface area contributed by atoms with Crippen molar-refractivity contribution in [2.45, 2.75) is 32.2 Å². The molecule has 1 saturated carbocycles. The lowest BCUT2D eigenvalue weighted by atomic mass is 10.3. The van der Waals surface area contributed by atoms with Crippen LogP contribution in [-0.2, 0) is 12.4 Å². The van der Waals surface area contributed by atoms with Crippen molar-refractivity contribution in [1.29, 1.82) is 0 Å². The predicted octanol–water partition coefficient (Wildman–Crippen LogP) is 1.74. The van der Waals surface area contributed by atoms with Crippen LogP contribution in [0.5, 0.6) is 0 Å². The third-order valence-corrected chi connectivity index (χ3v) is 2.59. The lowest BCUT2D eigenvalue weighted by Gasteiger charge is -1.99. The molecule has 1 fully saturated rings. The molecule has 0 aromatic carbocycles. The lowest BCUT2D eigenvalue weighted by Crippen LogP contribution is -2.04. The van der Waals surface area contributed by atoms with E-state index in [0.717, 1.165) is 23.9 Å². The fourth-order valence-corrected chi connectivity index (χ4v) is 1.49. The Morgan fingerprint density at radius 2 is 2.33 bits per heavy atom. The second-order valence-electron chi connectivity index (χ2n) is 3.38. The largest absolute Gasteiger partial charge is 0.249 e. The van der Waals surface area contributed by atoms with Crippen LogP contribution in [0.25, 0.3) is 0 Å². The van der Waals surface area contributed by atoms with E-state index in [9.17, 15) is 0 Å². The van der Waals surface area contributed by atoms with E-state index >= 15 is 0 Å². The molecule has 0 saturated heterocycles. The van der Waals surface area contributed by atoms with Gasteiger partial charge in [0.2, 0.25) is 0 Å². The maximum absolute atomic E-state index is 5.68. The Kier molecular flexibility index (Phi) is 2.05. The number of hydrogen-bond donors (Lipinski definition) is 0. The quantitative estimate of drug-likeness (QED) is 0.672. The number of hydrogen-bond acceptors (Lipinski definition) is 2. The summed E-state index contributed by atoms with van der Waals surface area (Å²) in [5.41, 5.74) is 2.04. The molecule has 0 bridgehead atoms. The van der Waals surface area contributed by atoms with Crippen molar-refractivity contribution in [3.05, 3.63) is 11.4 Å². The van der Waals surface area contributed by atoms with Crippen LogP contribution in [0.15, 0.2) is 0 Å². The third-order valence-electron chi connectivity index (χ3n) is 2.33. The first-order chi connectivity index (χ1) is 5.81. The molecule has 1 aliphatic carbocycles. The number of aromatic nitrogens is 3. The summed E-state index contributed by atoms with van der Waals surface area (Å²) in [6.07, 6.45) is 2.69. The Bertz CT molecular complexity index is 278. The summed E-state index contributed by atoms with van der Waals surface area (Å²) in [5.74, 6) is 1.31. The summed E-state index contributed by atoms with van der Waals surface area (Å²) in [7, 11) is 0. The van der Waals surface area contributed by atoms with Crippen LogP contribution in [0.1, 0.15) is 24.2 Å². The van der Waals surface area contributed by atoms with Crippen LogP contribution in [0.4, 0.5) is 0 Å². The van der Waals surface area contributed by atoms with E-state index in [1.54, 1.807) is 0 Å². The van der Waals surface area contributed by atoms with Crippen molar-refractivity contribution in [3.8, 4) is 0 Å². The van der Waals surface area contributed by atoms with Gasteiger partial charge >= 0.3 is 0 Å². The zero-order chi connectivity index (χ0) is 8.55. The van der Waals surface area contributed by atoms with Gasteiger partial charge in [-0.3, -0.25) is 0 Å². The molecule has 0 N–H and O–H groups in total. The van der Waals surface area contributed by atoms with Gasteiger partial charge in [-0.1, -0.05) is 5.21 Å². The van der Waals surface area contributed by atoms with Crippen molar-refractivity contribution >= 4 is 11.6 Å². The summed E-state index contributed by atoms with van der Waals surface area (Å²) in [5, 5.41) is 8.04. The minimum absolute atomic E-state index is 0.469. The molecule has 0 unspecified atom stereocenters. The normalized spacial score (nSPS) is 16.8. The Labute approximate surface area is 76.7 Å². The molecule has 66 valence electrons. The standard InChI is InChI=1S/C8H12ClN3/c1-6-8(4-9)10-11-12(6)5-7-2-3-7/h7H,2-5H2,1H3. The van der Waals surface area contributed by atoms with Crippen molar-refractivity contribution in [3.63, 3.8) is 0 Å². The summed E-state index contributed by atoms with van der Waals surface area (Å²) < 4.78 is 1.97. The minimum Gasteiger partial charge on any atom is -0.249 e. The number of nitrogens with zero attached hydrogens (tertiary/aromatic N) is 3. The molecule has 1 aromatic heterocycles. The fourth-order valence-electron chi connectivity index (χ4n) is 1.24. The Morgan fingerprint density at radius 3 is 2.83 bits per heavy atom. The third kappa shape index (κ3) is 1.46. The molecule has 1 heterocycles. The van der Waals surface area contributed by atoms with Crippen molar-refractivity contribution in [2.75, 3.05) is 0 Å². The number of rotatable bonds is 3.